The third kappa shape index (κ3) is 1.71. The van der Waals surface area contributed by atoms with Gasteiger partial charge in [0.2, 0.25) is 0 Å². The van der Waals surface area contributed by atoms with Crippen molar-refractivity contribution < 1.29 is 0 Å². The van der Waals surface area contributed by atoms with E-state index in [0.717, 1.165) is 11.4 Å². The minimum absolute atomic E-state index is 0.0213. The second kappa shape index (κ2) is 3.84. The van der Waals surface area contributed by atoms with E-state index in [9.17, 15) is 4.79 Å². The molecular weight excluding hydrogens is 204 g/mol. The Hall–Kier alpha value is -2.04. The first kappa shape index (κ1) is 10.5. The summed E-state index contributed by atoms with van der Waals surface area (Å²) in [6.45, 7) is 1.80. The number of nitrogens with zero attached hydrogens (tertiary/aromatic N) is 3. The maximum atomic E-state index is 11.9. The Balaban J connectivity index is 2.64. The Morgan fingerprint density at radius 1 is 1.38 bits per heavy atom. The van der Waals surface area contributed by atoms with Crippen molar-refractivity contribution in [3.05, 3.63) is 40.6 Å². The monoisotopic (exact) mass is 218 g/mol. The second-order valence-electron chi connectivity index (χ2n) is 3.71. The molecule has 5 nitrogen and oxygen atoms in total. The summed E-state index contributed by atoms with van der Waals surface area (Å²) in [5.41, 5.74) is 2.36. The molecule has 84 valence electrons. The summed E-state index contributed by atoms with van der Waals surface area (Å²) in [6.07, 6.45) is 5.24. The van der Waals surface area contributed by atoms with Crippen LogP contribution in [0.5, 0.6) is 0 Å². The first-order valence-electron chi connectivity index (χ1n) is 5.02. The smallest absolute Gasteiger partial charge is 0.258 e. The van der Waals surface area contributed by atoms with E-state index in [0.29, 0.717) is 5.56 Å². The molecule has 16 heavy (non-hydrogen) atoms. The topological polar surface area (TPSA) is 51.9 Å². The van der Waals surface area contributed by atoms with Gasteiger partial charge in [0.25, 0.3) is 5.56 Å². The molecule has 0 aliphatic heterocycles. The highest BCUT2D eigenvalue weighted by Gasteiger charge is 2.05. The van der Waals surface area contributed by atoms with E-state index < -0.39 is 0 Å². The maximum Gasteiger partial charge on any atom is 0.258 e. The van der Waals surface area contributed by atoms with Crippen molar-refractivity contribution in [2.24, 2.45) is 7.05 Å². The Bertz CT molecular complexity index is 568. The van der Waals surface area contributed by atoms with Crippen LogP contribution in [0.25, 0.3) is 5.69 Å². The van der Waals surface area contributed by atoms with E-state index in [1.54, 1.807) is 34.8 Å². The molecule has 0 aliphatic carbocycles. The predicted molar refractivity (Wildman–Crippen MR) is 63.1 cm³/mol. The van der Waals surface area contributed by atoms with Crippen LogP contribution in [0.15, 0.2) is 29.5 Å². The van der Waals surface area contributed by atoms with Crippen molar-refractivity contribution in [1.29, 1.82) is 0 Å². The van der Waals surface area contributed by atoms with Crippen LogP contribution in [-0.4, -0.2) is 21.4 Å². The number of aromatic nitrogens is 3. The molecule has 0 radical (unpaired) electrons. The van der Waals surface area contributed by atoms with Gasteiger partial charge in [-0.3, -0.25) is 14.0 Å². The molecule has 0 saturated carbocycles. The average molecular weight is 218 g/mol. The van der Waals surface area contributed by atoms with Crippen LogP contribution in [-0.2, 0) is 7.05 Å². The Kier molecular flexibility index (Phi) is 2.52. The molecule has 2 aromatic rings. The van der Waals surface area contributed by atoms with Gasteiger partial charge in [-0.25, -0.2) is 0 Å². The van der Waals surface area contributed by atoms with Crippen molar-refractivity contribution in [2.75, 3.05) is 12.4 Å². The van der Waals surface area contributed by atoms with Gasteiger partial charge >= 0.3 is 0 Å². The second-order valence-corrected chi connectivity index (χ2v) is 3.71. The van der Waals surface area contributed by atoms with Gasteiger partial charge < -0.3 is 5.32 Å². The molecule has 0 saturated heterocycles. The summed E-state index contributed by atoms with van der Waals surface area (Å²) in [6, 6.07) is 1.83. The van der Waals surface area contributed by atoms with Crippen molar-refractivity contribution in [1.82, 2.24) is 14.3 Å². The SMILES string of the molecule is CNc1cc(C)c(=O)n(-c2cnn(C)c2)c1. The number of rotatable bonds is 2. The van der Waals surface area contributed by atoms with Crippen molar-refractivity contribution in [3.8, 4) is 5.69 Å². The lowest BCUT2D eigenvalue weighted by molar-refractivity contribution is 0.767. The number of nitrogens with one attached hydrogen (secondary N) is 1. The van der Waals surface area contributed by atoms with E-state index in [1.807, 2.05) is 20.2 Å². The van der Waals surface area contributed by atoms with Gasteiger partial charge in [0.1, 0.15) is 0 Å². The zero-order valence-electron chi connectivity index (χ0n) is 9.56. The van der Waals surface area contributed by atoms with Crippen molar-refractivity contribution in [3.63, 3.8) is 0 Å². The third-order valence-electron chi connectivity index (χ3n) is 2.45. The zero-order chi connectivity index (χ0) is 11.7. The number of anilines is 1. The van der Waals surface area contributed by atoms with Gasteiger partial charge in [-0.1, -0.05) is 0 Å². The molecule has 0 atom stereocenters. The molecule has 0 fully saturated rings. The molecule has 2 rings (SSSR count). The third-order valence-corrected chi connectivity index (χ3v) is 2.45. The molecule has 1 N–H and O–H groups in total. The zero-order valence-corrected chi connectivity index (χ0v) is 9.56. The lowest BCUT2D eigenvalue weighted by atomic mass is 10.2. The Morgan fingerprint density at radius 2 is 2.12 bits per heavy atom. The van der Waals surface area contributed by atoms with E-state index >= 15 is 0 Å². The fraction of sp³-hybridized carbons (Fsp3) is 0.273. The highest BCUT2D eigenvalue weighted by molar-refractivity contribution is 5.45. The number of hydrogen-bond acceptors (Lipinski definition) is 3. The molecule has 5 heteroatoms. The van der Waals surface area contributed by atoms with Crippen LogP contribution < -0.4 is 10.9 Å². The van der Waals surface area contributed by atoms with Gasteiger partial charge in [-0.05, 0) is 13.0 Å². The lowest BCUT2D eigenvalue weighted by Gasteiger charge is -2.07. The summed E-state index contributed by atoms with van der Waals surface area (Å²) < 4.78 is 3.26. The molecule has 0 unspecified atom stereocenters. The van der Waals surface area contributed by atoms with E-state index in [1.165, 1.54) is 0 Å². The first-order valence-corrected chi connectivity index (χ1v) is 5.02. The number of hydrogen-bond donors (Lipinski definition) is 1. The standard InChI is InChI=1S/C11H14N4O/c1-8-4-9(12-2)6-15(11(8)16)10-5-13-14(3)7-10/h4-7,12H,1-3H3. The van der Waals surface area contributed by atoms with Gasteiger partial charge in [0.05, 0.1) is 17.6 Å². The van der Waals surface area contributed by atoms with Gasteiger partial charge in [-0.2, -0.15) is 5.10 Å². The van der Waals surface area contributed by atoms with Crippen LogP contribution in [0.1, 0.15) is 5.56 Å². The predicted octanol–water partition coefficient (Wildman–Crippen LogP) is 0.921. The first-order chi connectivity index (χ1) is 7.61. The van der Waals surface area contributed by atoms with Gasteiger partial charge in [0.15, 0.2) is 0 Å². The molecule has 0 aromatic carbocycles. The van der Waals surface area contributed by atoms with Crippen LogP contribution in [0, 0.1) is 6.92 Å². The van der Waals surface area contributed by atoms with Crippen LogP contribution in [0.3, 0.4) is 0 Å². The molecule has 0 spiro atoms. The molecule has 2 aromatic heterocycles. The van der Waals surface area contributed by atoms with Crippen LogP contribution >= 0.6 is 0 Å². The summed E-state index contributed by atoms with van der Waals surface area (Å²) in [7, 11) is 3.65. The van der Waals surface area contributed by atoms with E-state index in [4.69, 9.17) is 0 Å². The number of pyridine rings is 1. The van der Waals surface area contributed by atoms with Gasteiger partial charge in [-0.15, -0.1) is 0 Å². The molecule has 2 heterocycles. The summed E-state index contributed by atoms with van der Waals surface area (Å²) in [5.74, 6) is 0. The quantitative estimate of drug-likeness (QED) is 0.815. The van der Waals surface area contributed by atoms with Gasteiger partial charge in [0, 0.05) is 32.1 Å². The Morgan fingerprint density at radius 3 is 2.69 bits per heavy atom. The highest BCUT2D eigenvalue weighted by Crippen LogP contribution is 2.10. The molecule has 0 aliphatic rings. The minimum Gasteiger partial charge on any atom is -0.387 e. The lowest BCUT2D eigenvalue weighted by Crippen LogP contribution is -2.20. The molecule has 0 amide bonds. The molecule has 0 bridgehead atoms. The van der Waals surface area contributed by atoms with E-state index in [-0.39, 0.29) is 5.56 Å². The summed E-state index contributed by atoms with van der Waals surface area (Å²) in [4.78, 5) is 11.9. The van der Waals surface area contributed by atoms with Crippen LogP contribution in [0.2, 0.25) is 0 Å². The minimum atomic E-state index is -0.0213. The van der Waals surface area contributed by atoms with Crippen molar-refractivity contribution in [2.45, 2.75) is 6.92 Å². The fourth-order valence-electron chi connectivity index (χ4n) is 1.58. The molecular formula is C11H14N4O. The largest absolute Gasteiger partial charge is 0.387 e. The fourth-order valence-corrected chi connectivity index (χ4v) is 1.58. The van der Waals surface area contributed by atoms with Crippen molar-refractivity contribution >= 4 is 5.69 Å². The highest BCUT2D eigenvalue weighted by atomic mass is 16.1. The summed E-state index contributed by atoms with van der Waals surface area (Å²) >= 11 is 0. The normalized spacial score (nSPS) is 10.4. The average Bonchev–Trinajstić information content (AvgIpc) is 2.68. The maximum absolute atomic E-state index is 11.9. The van der Waals surface area contributed by atoms with E-state index in [2.05, 4.69) is 10.4 Å². The van der Waals surface area contributed by atoms with Crippen LogP contribution in [0.4, 0.5) is 5.69 Å². The Labute approximate surface area is 93.3 Å². The summed E-state index contributed by atoms with van der Waals surface area (Å²) in [5, 5.41) is 7.08. The number of aryl methyl sites for hydroxylation is 2.